The van der Waals surface area contributed by atoms with Crippen molar-refractivity contribution in [2.45, 2.75) is 50.7 Å². The second-order valence-corrected chi connectivity index (χ2v) is 8.42. The van der Waals surface area contributed by atoms with E-state index in [0.717, 1.165) is 25.7 Å². The van der Waals surface area contributed by atoms with E-state index in [1.807, 2.05) is 0 Å². The molecule has 0 atom stereocenters. The van der Waals surface area contributed by atoms with Gasteiger partial charge in [0.25, 0.3) is 17.6 Å². The number of rotatable bonds is 6. The van der Waals surface area contributed by atoms with Gasteiger partial charge in [0.2, 0.25) is 0 Å². The fourth-order valence-electron chi connectivity index (χ4n) is 4.09. The van der Waals surface area contributed by atoms with Crippen molar-refractivity contribution in [1.29, 1.82) is 0 Å². The third kappa shape index (κ3) is 5.10. The van der Waals surface area contributed by atoms with Gasteiger partial charge in [-0.15, -0.1) is 0 Å². The summed E-state index contributed by atoms with van der Waals surface area (Å²) in [5.74, 6) is -0.765. The number of ether oxygens (including phenoxy) is 1. The average molecular weight is 445 g/mol. The molecule has 1 aromatic carbocycles. The van der Waals surface area contributed by atoms with Crippen molar-refractivity contribution in [2.75, 3.05) is 13.1 Å². The SMILES string of the molecule is O=C(NC1CCCC1)c1ccc(OC2CCN(C(=O)C(=O)c3ccco3)CC2)c(Cl)c1. The molecule has 2 aromatic rings. The molecular formula is C23H25ClN2O5. The molecule has 2 heterocycles. The van der Waals surface area contributed by atoms with Gasteiger partial charge in [-0.3, -0.25) is 14.4 Å². The van der Waals surface area contributed by atoms with Crippen LogP contribution in [0.2, 0.25) is 5.02 Å². The first-order valence-corrected chi connectivity index (χ1v) is 11.0. The number of carbonyl (C=O) groups excluding carboxylic acids is 3. The molecule has 0 unspecified atom stereocenters. The number of nitrogens with zero attached hydrogens (tertiary/aromatic N) is 1. The van der Waals surface area contributed by atoms with Gasteiger partial charge in [0.05, 0.1) is 11.3 Å². The van der Waals surface area contributed by atoms with Crippen LogP contribution >= 0.6 is 11.6 Å². The first kappa shape index (κ1) is 21.4. The first-order valence-electron chi connectivity index (χ1n) is 10.7. The van der Waals surface area contributed by atoms with Crippen LogP contribution in [0.25, 0.3) is 0 Å². The highest BCUT2D eigenvalue weighted by Gasteiger charge is 2.30. The van der Waals surface area contributed by atoms with Gasteiger partial charge in [0, 0.05) is 37.5 Å². The summed E-state index contributed by atoms with van der Waals surface area (Å²) in [5, 5.41) is 3.43. The van der Waals surface area contributed by atoms with E-state index in [2.05, 4.69) is 5.32 Å². The lowest BCUT2D eigenvalue weighted by atomic mass is 10.1. The van der Waals surface area contributed by atoms with Crippen molar-refractivity contribution in [1.82, 2.24) is 10.2 Å². The fourth-order valence-corrected chi connectivity index (χ4v) is 4.31. The van der Waals surface area contributed by atoms with Gasteiger partial charge in [0.15, 0.2) is 5.76 Å². The monoisotopic (exact) mass is 444 g/mol. The molecule has 1 aromatic heterocycles. The number of nitrogens with one attached hydrogen (secondary N) is 1. The topological polar surface area (TPSA) is 88.9 Å². The number of likely N-dealkylation sites (tertiary alicyclic amines) is 1. The summed E-state index contributed by atoms with van der Waals surface area (Å²) in [6.07, 6.45) is 6.76. The number of amides is 2. The van der Waals surface area contributed by atoms with E-state index in [4.69, 9.17) is 20.8 Å². The highest BCUT2D eigenvalue weighted by Crippen LogP contribution is 2.29. The van der Waals surface area contributed by atoms with Crippen molar-refractivity contribution in [3.8, 4) is 5.75 Å². The van der Waals surface area contributed by atoms with Gasteiger partial charge in [-0.2, -0.15) is 0 Å². The summed E-state index contributed by atoms with van der Waals surface area (Å²) >= 11 is 6.36. The van der Waals surface area contributed by atoms with Gasteiger partial charge >= 0.3 is 0 Å². The number of benzene rings is 1. The summed E-state index contributed by atoms with van der Waals surface area (Å²) in [6.45, 7) is 0.824. The second kappa shape index (κ2) is 9.56. The highest BCUT2D eigenvalue weighted by molar-refractivity contribution is 6.41. The molecule has 1 N–H and O–H groups in total. The minimum atomic E-state index is -0.640. The maximum absolute atomic E-state index is 12.4. The zero-order valence-electron chi connectivity index (χ0n) is 17.1. The lowest BCUT2D eigenvalue weighted by Crippen LogP contribution is -2.44. The van der Waals surface area contributed by atoms with E-state index in [1.165, 1.54) is 17.2 Å². The molecule has 31 heavy (non-hydrogen) atoms. The molecule has 1 saturated carbocycles. The lowest BCUT2D eigenvalue weighted by Gasteiger charge is -2.31. The molecule has 4 rings (SSSR count). The van der Waals surface area contributed by atoms with Crippen LogP contribution in [-0.2, 0) is 4.79 Å². The predicted molar refractivity (Wildman–Crippen MR) is 114 cm³/mol. The van der Waals surface area contributed by atoms with Crippen molar-refractivity contribution >= 4 is 29.2 Å². The summed E-state index contributed by atoms with van der Waals surface area (Å²) in [6, 6.07) is 8.36. The van der Waals surface area contributed by atoms with Gasteiger partial charge in [-0.1, -0.05) is 24.4 Å². The molecule has 2 aliphatic rings. The molecule has 8 heteroatoms. The number of piperidine rings is 1. The Morgan fingerprint density at radius 2 is 1.81 bits per heavy atom. The molecule has 2 amide bonds. The van der Waals surface area contributed by atoms with E-state index in [9.17, 15) is 14.4 Å². The minimum absolute atomic E-state index is 0.0483. The quantitative estimate of drug-likeness (QED) is 0.540. The summed E-state index contributed by atoms with van der Waals surface area (Å²) < 4.78 is 11.0. The van der Waals surface area contributed by atoms with Crippen molar-refractivity contribution in [3.05, 3.63) is 52.9 Å². The van der Waals surface area contributed by atoms with Crippen LogP contribution in [0.5, 0.6) is 5.75 Å². The number of furan rings is 1. The molecule has 1 saturated heterocycles. The Balaban J connectivity index is 1.29. The van der Waals surface area contributed by atoms with Crippen LogP contribution in [0.3, 0.4) is 0 Å². The highest BCUT2D eigenvalue weighted by atomic mass is 35.5. The molecule has 0 spiro atoms. The smallest absolute Gasteiger partial charge is 0.298 e. The molecular weight excluding hydrogens is 420 g/mol. The van der Waals surface area contributed by atoms with E-state index in [0.29, 0.717) is 42.3 Å². The molecule has 2 fully saturated rings. The Kier molecular flexibility index (Phi) is 6.61. The number of hydrogen-bond donors (Lipinski definition) is 1. The van der Waals surface area contributed by atoms with Gasteiger partial charge in [0.1, 0.15) is 11.9 Å². The maximum atomic E-state index is 12.4. The van der Waals surface area contributed by atoms with Crippen molar-refractivity contribution in [2.24, 2.45) is 0 Å². The summed E-state index contributed by atoms with van der Waals surface area (Å²) in [4.78, 5) is 38.4. The van der Waals surface area contributed by atoms with E-state index < -0.39 is 11.7 Å². The first-order chi connectivity index (χ1) is 15.0. The van der Waals surface area contributed by atoms with E-state index in [1.54, 1.807) is 24.3 Å². The largest absolute Gasteiger partial charge is 0.489 e. The second-order valence-electron chi connectivity index (χ2n) is 8.02. The maximum Gasteiger partial charge on any atom is 0.298 e. The van der Waals surface area contributed by atoms with Crippen molar-refractivity contribution < 1.29 is 23.5 Å². The average Bonchev–Trinajstić information content (AvgIpc) is 3.49. The number of hydrogen-bond acceptors (Lipinski definition) is 5. The molecule has 0 radical (unpaired) electrons. The third-order valence-electron chi connectivity index (χ3n) is 5.85. The van der Waals surface area contributed by atoms with E-state index in [-0.39, 0.29) is 23.8 Å². The molecule has 1 aliphatic carbocycles. The zero-order chi connectivity index (χ0) is 21.8. The van der Waals surface area contributed by atoms with Gasteiger partial charge in [-0.25, -0.2) is 0 Å². The molecule has 7 nitrogen and oxygen atoms in total. The predicted octanol–water partition coefficient (Wildman–Crippen LogP) is 3.86. The zero-order valence-corrected chi connectivity index (χ0v) is 17.9. The number of halogens is 1. The Morgan fingerprint density at radius 3 is 2.45 bits per heavy atom. The molecule has 164 valence electrons. The van der Waals surface area contributed by atoms with Crippen LogP contribution in [-0.4, -0.2) is 47.7 Å². The normalized spacial score (nSPS) is 17.5. The van der Waals surface area contributed by atoms with Crippen molar-refractivity contribution in [3.63, 3.8) is 0 Å². The summed E-state index contributed by atoms with van der Waals surface area (Å²) in [5.41, 5.74) is 0.515. The fraction of sp³-hybridized carbons (Fsp3) is 0.435. The molecule has 1 aliphatic heterocycles. The van der Waals surface area contributed by atoms with E-state index >= 15 is 0 Å². The Labute approximate surface area is 185 Å². The number of Topliss-reactive ketones (excluding diaryl/α,β-unsaturated/α-hetero) is 1. The van der Waals surface area contributed by atoms with Crippen LogP contribution in [0.15, 0.2) is 41.0 Å². The van der Waals surface area contributed by atoms with Crippen LogP contribution in [0.1, 0.15) is 59.4 Å². The van der Waals surface area contributed by atoms with Crippen LogP contribution in [0, 0.1) is 0 Å². The Bertz CT molecular complexity index is 945. The Hall–Kier alpha value is -2.80. The molecule has 0 bridgehead atoms. The standard InChI is InChI=1S/C23H25ClN2O5/c24-18-14-15(22(28)25-16-4-1-2-5-16)7-8-19(18)31-17-9-11-26(12-10-17)23(29)21(27)20-6-3-13-30-20/h3,6-8,13-14,16-17H,1-2,4-5,9-12H2,(H,25,28). The third-order valence-corrected chi connectivity index (χ3v) is 6.14. The van der Waals surface area contributed by atoms with Crippen LogP contribution in [0.4, 0.5) is 0 Å². The minimum Gasteiger partial charge on any atom is -0.489 e. The number of ketones is 1. The van der Waals surface area contributed by atoms with Gasteiger partial charge < -0.3 is 19.4 Å². The van der Waals surface area contributed by atoms with Gasteiger partial charge in [-0.05, 0) is 43.2 Å². The Morgan fingerprint density at radius 1 is 1.06 bits per heavy atom. The van der Waals surface area contributed by atoms with Crippen LogP contribution < -0.4 is 10.1 Å². The summed E-state index contributed by atoms with van der Waals surface area (Å²) in [7, 11) is 0. The number of carbonyl (C=O) groups is 3. The lowest BCUT2D eigenvalue weighted by molar-refractivity contribution is -0.128.